The Hall–Kier alpha value is -2.14. The minimum absolute atomic E-state index is 0.0531. The number of amides is 2. The van der Waals surface area contributed by atoms with Crippen molar-refractivity contribution in [3.05, 3.63) is 70.2 Å². The normalized spacial score (nSPS) is 11.5. The van der Waals surface area contributed by atoms with Gasteiger partial charge in [-0.25, -0.2) is 0 Å². The van der Waals surface area contributed by atoms with E-state index in [1.807, 2.05) is 37.3 Å². The van der Waals surface area contributed by atoms with E-state index in [-0.39, 0.29) is 24.4 Å². The zero-order chi connectivity index (χ0) is 15.9. The highest BCUT2D eigenvalue weighted by Crippen LogP contribution is 2.22. The van der Waals surface area contributed by atoms with Gasteiger partial charge in [0.25, 0.3) is 5.91 Å². The Kier molecular flexibility index (Phi) is 5.72. The lowest BCUT2D eigenvalue weighted by Crippen LogP contribution is -2.38. The fourth-order valence-electron chi connectivity index (χ4n) is 2.05. The molecule has 2 rings (SSSR count). The van der Waals surface area contributed by atoms with Crippen LogP contribution in [0.3, 0.4) is 0 Å². The van der Waals surface area contributed by atoms with Crippen LogP contribution in [-0.2, 0) is 4.79 Å². The highest BCUT2D eigenvalue weighted by atomic mass is 79.9. The van der Waals surface area contributed by atoms with E-state index >= 15 is 0 Å². The topological polar surface area (TPSA) is 58.2 Å². The van der Waals surface area contributed by atoms with E-state index in [9.17, 15) is 9.59 Å². The van der Waals surface area contributed by atoms with Gasteiger partial charge in [0.1, 0.15) is 0 Å². The van der Waals surface area contributed by atoms with Crippen molar-refractivity contribution in [2.45, 2.75) is 13.0 Å². The molecule has 0 bridgehead atoms. The Balaban J connectivity index is 1.86. The third-order valence-corrected chi connectivity index (χ3v) is 3.92. The summed E-state index contributed by atoms with van der Waals surface area (Å²) in [7, 11) is 0. The van der Waals surface area contributed by atoms with Gasteiger partial charge in [-0.15, -0.1) is 0 Å². The van der Waals surface area contributed by atoms with Gasteiger partial charge in [-0.2, -0.15) is 0 Å². The number of benzene rings is 2. The number of carbonyl (C=O) groups is 2. The fourth-order valence-corrected chi connectivity index (χ4v) is 2.68. The summed E-state index contributed by atoms with van der Waals surface area (Å²) in [5.41, 5.74) is 1.53. The van der Waals surface area contributed by atoms with Crippen molar-refractivity contribution in [1.82, 2.24) is 10.6 Å². The first-order valence-electron chi connectivity index (χ1n) is 6.95. The molecule has 22 heavy (non-hydrogen) atoms. The molecule has 2 aromatic carbocycles. The molecule has 4 nitrogen and oxygen atoms in total. The van der Waals surface area contributed by atoms with Crippen LogP contribution in [0.15, 0.2) is 59.1 Å². The Morgan fingerprint density at radius 2 is 1.68 bits per heavy atom. The van der Waals surface area contributed by atoms with Crippen molar-refractivity contribution >= 4 is 27.7 Å². The van der Waals surface area contributed by atoms with E-state index < -0.39 is 0 Å². The van der Waals surface area contributed by atoms with Crippen molar-refractivity contribution in [3.8, 4) is 0 Å². The lowest BCUT2D eigenvalue weighted by atomic mass is 10.1. The Labute approximate surface area is 138 Å². The van der Waals surface area contributed by atoms with E-state index in [0.29, 0.717) is 5.56 Å². The molecule has 0 saturated carbocycles. The molecule has 0 heterocycles. The second-order valence-electron chi connectivity index (χ2n) is 4.86. The van der Waals surface area contributed by atoms with E-state index in [2.05, 4.69) is 26.6 Å². The van der Waals surface area contributed by atoms with Crippen LogP contribution in [0.5, 0.6) is 0 Å². The summed E-state index contributed by atoms with van der Waals surface area (Å²) in [4.78, 5) is 23.8. The van der Waals surface area contributed by atoms with Crippen molar-refractivity contribution in [2.24, 2.45) is 0 Å². The predicted molar refractivity (Wildman–Crippen MR) is 89.5 cm³/mol. The van der Waals surface area contributed by atoms with Gasteiger partial charge in [0.2, 0.25) is 5.91 Å². The molecule has 0 fully saturated rings. The standard InChI is InChI=1S/C17H17BrN2O2/c1-12(14-9-5-6-10-15(14)18)20-16(21)11-19-17(22)13-7-3-2-4-8-13/h2-10,12H,11H2,1H3,(H,19,22)(H,20,21)/t12-/m0/s1. The zero-order valence-electron chi connectivity index (χ0n) is 12.2. The Bertz CT molecular complexity index is 659. The van der Waals surface area contributed by atoms with Crippen LogP contribution < -0.4 is 10.6 Å². The van der Waals surface area contributed by atoms with Crippen LogP contribution in [0.25, 0.3) is 0 Å². The van der Waals surface area contributed by atoms with Gasteiger partial charge < -0.3 is 10.6 Å². The quantitative estimate of drug-likeness (QED) is 0.860. The van der Waals surface area contributed by atoms with Crippen molar-refractivity contribution in [2.75, 3.05) is 6.54 Å². The van der Waals surface area contributed by atoms with Crippen LogP contribution in [0.1, 0.15) is 28.9 Å². The van der Waals surface area contributed by atoms with Gasteiger partial charge in [0.05, 0.1) is 12.6 Å². The molecule has 1 atom stereocenters. The molecule has 0 aliphatic rings. The summed E-state index contributed by atoms with van der Waals surface area (Å²) >= 11 is 3.46. The molecule has 0 radical (unpaired) electrons. The van der Waals surface area contributed by atoms with Gasteiger partial charge >= 0.3 is 0 Å². The third kappa shape index (κ3) is 4.43. The lowest BCUT2D eigenvalue weighted by molar-refractivity contribution is -0.120. The fraction of sp³-hybridized carbons (Fsp3) is 0.176. The second-order valence-corrected chi connectivity index (χ2v) is 5.71. The van der Waals surface area contributed by atoms with Gasteiger partial charge in [0.15, 0.2) is 0 Å². The summed E-state index contributed by atoms with van der Waals surface area (Å²) in [6.07, 6.45) is 0. The second kappa shape index (κ2) is 7.75. The predicted octanol–water partition coefficient (Wildman–Crippen LogP) is 3.06. The Morgan fingerprint density at radius 1 is 1.05 bits per heavy atom. The van der Waals surface area contributed by atoms with E-state index in [0.717, 1.165) is 10.0 Å². The van der Waals surface area contributed by atoms with Crippen molar-refractivity contribution < 1.29 is 9.59 Å². The highest BCUT2D eigenvalue weighted by Gasteiger charge is 2.13. The minimum Gasteiger partial charge on any atom is -0.348 e. The maximum Gasteiger partial charge on any atom is 0.251 e. The van der Waals surface area contributed by atoms with Gasteiger partial charge in [-0.1, -0.05) is 52.3 Å². The molecule has 0 aromatic heterocycles. The maximum atomic E-state index is 11.9. The van der Waals surface area contributed by atoms with Crippen molar-refractivity contribution in [3.63, 3.8) is 0 Å². The minimum atomic E-state index is -0.260. The molecular weight excluding hydrogens is 344 g/mol. The molecule has 0 unspecified atom stereocenters. The first-order chi connectivity index (χ1) is 10.6. The van der Waals surface area contributed by atoms with E-state index in [4.69, 9.17) is 0 Å². The average Bonchev–Trinajstić information content (AvgIpc) is 2.53. The van der Waals surface area contributed by atoms with Gasteiger partial charge in [0, 0.05) is 10.0 Å². The molecule has 0 spiro atoms. The first-order valence-corrected chi connectivity index (χ1v) is 7.74. The van der Waals surface area contributed by atoms with E-state index in [1.165, 1.54) is 0 Å². The molecule has 2 aromatic rings. The molecule has 0 aliphatic heterocycles. The lowest BCUT2D eigenvalue weighted by Gasteiger charge is -2.16. The summed E-state index contributed by atoms with van der Waals surface area (Å²) in [6, 6.07) is 16.4. The number of halogens is 1. The van der Waals surface area contributed by atoms with Crippen LogP contribution in [0.4, 0.5) is 0 Å². The van der Waals surface area contributed by atoms with E-state index in [1.54, 1.807) is 24.3 Å². The van der Waals surface area contributed by atoms with Gasteiger partial charge in [-0.3, -0.25) is 9.59 Å². The average molecular weight is 361 g/mol. The molecule has 0 aliphatic carbocycles. The maximum absolute atomic E-state index is 11.9. The van der Waals surface area contributed by atoms with Crippen molar-refractivity contribution in [1.29, 1.82) is 0 Å². The summed E-state index contributed by atoms with van der Waals surface area (Å²) < 4.78 is 0.941. The number of hydrogen-bond acceptors (Lipinski definition) is 2. The van der Waals surface area contributed by atoms with Crippen LogP contribution in [0.2, 0.25) is 0 Å². The molecular formula is C17H17BrN2O2. The molecule has 114 valence electrons. The summed E-state index contributed by atoms with van der Waals surface area (Å²) in [6.45, 7) is 1.85. The monoisotopic (exact) mass is 360 g/mol. The van der Waals surface area contributed by atoms with Crippen LogP contribution in [0, 0.1) is 0 Å². The SMILES string of the molecule is C[C@H](NC(=O)CNC(=O)c1ccccc1)c1ccccc1Br. The first kappa shape index (κ1) is 16.2. The summed E-state index contributed by atoms with van der Waals surface area (Å²) in [5.74, 6) is -0.489. The molecule has 2 N–H and O–H groups in total. The third-order valence-electron chi connectivity index (χ3n) is 3.19. The smallest absolute Gasteiger partial charge is 0.251 e. The molecule has 2 amide bonds. The Morgan fingerprint density at radius 3 is 2.36 bits per heavy atom. The molecule has 5 heteroatoms. The van der Waals surface area contributed by atoms with Crippen LogP contribution >= 0.6 is 15.9 Å². The highest BCUT2D eigenvalue weighted by molar-refractivity contribution is 9.10. The number of hydrogen-bond donors (Lipinski definition) is 2. The number of carbonyl (C=O) groups excluding carboxylic acids is 2. The number of rotatable bonds is 5. The molecule has 0 saturated heterocycles. The summed E-state index contributed by atoms with van der Waals surface area (Å²) in [5, 5.41) is 5.47. The van der Waals surface area contributed by atoms with Crippen LogP contribution in [-0.4, -0.2) is 18.4 Å². The van der Waals surface area contributed by atoms with Gasteiger partial charge in [-0.05, 0) is 30.7 Å². The largest absolute Gasteiger partial charge is 0.348 e. The zero-order valence-corrected chi connectivity index (χ0v) is 13.8. The number of nitrogens with one attached hydrogen (secondary N) is 2.